The van der Waals surface area contributed by atoms with Crippen molar-refractivity contribution >= 4 is 27.5 Å². The molecule has 72 valence electrons. The normalized spacial score (nSPS) is 10.2. The van der Waals surface area contributed by atoms with Crippen LogP contribution in [0.25, 0.3) is 0 Å². The first-order valence-electron chi connectivity index (χ1n) is 3.58. The lowest BCUT2D eigenvalue weighted by Crippen LogP contribution is -2.08. The van der Waals surface area contributed by atoms with E-state index < -0.39 is 0 Å². The Bertz CT molecular complexity index is 306. The molecule has 2 N–H and O–H groups in total. The zero-order valence-electron chi connectivity index (χ0n) is 6.97. The van der Waals surface area contributed by atoms with E-state index in [-0.39, 0.29) is 0 Å². The Balaban J connectivity index is 3.13. The van der Waals surface area contributed by atoms with E-state index in [0.717, 1.165) is 10.0 Å². The van der Waals surface area contributed by atoms with Crippen molar-refractivity contribution in [2.75, 3.05) is 7.11 Å². The summed E-state index contributed by atoms with van der Waals surface area (Å²) in [5.41, 5.74) is 2.89. The summed E-state index contributed by atoms with van der Waals surface area (Å²) in [6.07, 6.45) is 0. The van der Waals surface area contributed by atoms with Gasteiger partial charge in [-0.3, -0.25) is 0 Å². The predicted molar refractivity (Wildman–Crippen MR) is 54.3 cm³/mol. The number of methoxy groups -OCH3 is 1. The molecule has 13 heavy (non-hydrogen) atoms. The van der Waals surface area contributed by atoms with Crippen LogP contribution in [0.2, 0.25) is 5.02 Å². The van der Waals surface area contributed by atoms with Crippen LogP contribution in [0.5, 0.6) is 5.75 Å². The Kier molecular flexibility index (Phi) is 3.99. The van der Waals surface area contributed by atoms with Gasteiger partial charge in [0.25, 0.3) is 0 Å². The number of ether oxygens (including phenoxy) is 1. The molecule has 0 bridgehead atoms. The van der Waals surface area contributed by atoms with Crippen molar-refractivity contribution in [1.82, 2.24) is 5.48 Å². The van der Waals surface area contributed by atoms with Crippen LogP contribution in [0.15, 0.2) is 16.6 Å². The van der Waals surface area contributed by atoms with E-state index >= 15 is 0 Å². The minimum atomic E-state index is 0.306. The quantitative estimate of drug-likeness (QED) is 0.826. The van der Waals surface area contributed by atoms with Crippen molar-refractivity contribution in [3.05, 3.63) is 27.2 Å². The van der Waals surface area contributed by atoms with Gasteiger partial charge < -0.3 is 9.94 Å². The summed E-state index contributed by atoms with van der Waals surface area (Å²) in [6, 6.07) is 3.44. The Labute approximate surface area is 89.7 Å². The summed E-state index contributed by atoms with van der Waals surface area (Å²) in [7, 11) is 1.55. The number of hydroxylamine groups is 1. The Morgan fingerprint density at radius 1 is 1.62 bits per heavy atom. The molecule has 0 aliphatic heterocycles. The monoisotopic (exact) mass is 265 g/mol. The fourth-order valence-electron chi connectivity index (χ4n) is 1.01. The summed E-state index contributed by atoms with van der Waals surface area (Å²) in [5.74, 6) is 0.640. The topological polar surface area (TPSA) is 41.5 Å². The van der Waals surface area contributed by atoms with Gasteiger partial charge in [-0.2, -0.15) is 0 Å². The second-order valence-corrected chi connectivity index (χ2v) is 3.69. The summed E-state index contributed by atoms with van der Waals surface area (Å²) < 4.78 is 5.90. The summed E-state index contributed by atoms with van der Waals surface area (Å²) >= 11 is 9.13. The maximum absolute atomic E-state index is 8.57. The molecule has 0 fully saturated rings. The first-order valence-corrected chi connectivity index (χ1v) is 4.75. The standard InChI is InChI=1S/C8H9BrClNO2/c1-13-8-3-5(10)2-7(9)6(8)4-11-12/h2-3,11-12H,4H2,1H3. The van der Waals surface area contributed by atoms with Crippen LogP contribution in [-0.4, -0.2) is 12.3 Å². The Hall–Kier alpha value is -0.290. The first-order chi connectivity index (χ1) is 6.19. The third-order valence-corrected chi connectivity index (χ3v) is 2.52. The second kappa shape index (κ2) is 4.81. The minimum Gasteiger partial charge on any atom is -0.496 e. The van der Waals surface area contributed by atoms with Gasteiger partial charge in [-0.15, -0.1) is 0 Å². The van der Waals surface area contributed by atoms with Crippen molar-refractivity contribution in [3.63, 3.8) is 0 Å². The van der Waals surface area contributed by atoms with Crippen LogP contribution >= 0.6 is 27.5 Å². The molecule has 0 aliphatic rings. The van der Waals surface area contributed by atoms with Gasteiger partial charge in [0.2, 0.25) is 0 Å². The molecule has 0 unspecified atom stereocenters. The van der Waals surface area contributed by atoms with Crippen LogP contribution in [0.4, 0.5) is 0 Å². The molecule has 0 heterocycles. The van der Waals surface area contributed by atoms with Crippen molar-refractivity contribution in [2.24, 2.45) is 0 Å². The Morgan fingerprint density at radius 2 is 2.31 bits per heavy atom. The highest BCUT2D eigenvalue weighted by Gasteiger charge is 2.08. The van der Waals surface area contributed by atoms with Crippen LogP contribution in [0.3, 0.4) is 0 Å². The van der Waals surface area contributed by atoms with Gasteiger partial charge >= 0.3 is 0 Å². The molecule has 0 saturated heterocycles. The molecule has 0 aromatic heterocycles. The molecular weight excluding hydrogens is 257 g/mol. The fraction of sp³-hybridized carbons (Fsp3) is 0.250. The van der Waals surface area contributed by atoms with E-state index in [9.17, 15) is 0 Å². The van der Waals surface area contributed by atoms with Gasteiger partial charge in [0.1, 0.15) is 5.75 Å². The molecular formula is C8H9BrClNO2. The molecule has 5 heteroatoms. The maximum atomic E-state index is 8.57. The lowest BCUT2D eigenvalue weighted by Gasteiger charge is -2.10. The highest BCUT2D eigenvalue weighted by Crippen LogP contribution is 2.30. The predicted octanol–water partition coefficient (Wildman–Crippen LogP) is 2.59. The second-order valence-electron chi connectivity index (χ2n) is 2.40. The molecule has 3 nitrogen and oxygen atoms in total. The SMILES string of the molecule is COc1cc(Cl)cc(Br)c1CNO. The largest absolute Gasteiger partial charge is 0.496 e. The number of halogens is 2. The average Bonchev–Trinajstić information content (AvgIpc) is 2.09. The molecule has 1 aromatic rings. The van der Waals surface area contributed by atoms with Gasteiger partial charge in [0.15, 0.2) is 0 Å². The Morgan fingerprint density at radius 3 is 2.85 bits per heavy atom. The molecule has 0 saturated carbocycles. The van der Waals surface area contributed by atoms with Crippen molar-refractivity contribution in [2.45, 2.75) is 6.54 Å². The molecule has 0 spiro atoms. The van der Waals surface area contributed by atoms with E-state index in [1.165, 1.54) is 0 Å². The number of hydrogen-bond donors (Lipinski definition) is 2. The van der Waals surface area contributed by atoms with Gasteiger partial charge in [0.05, 0.1) is 13.7 Å². The molecule has 1 aromatic carbocycles. The van der Waals surface area contributed by atoms with Gasteiger partial charge in [-0.25, -0.2) is 5.48 Å². The van der Waals surface area contributed by atoms with Crippen LogP contribution in [0, 0.1) is 0 Å². The minimum absolute atomic E-state index is 0.306. The van der Waals surface area contributed by atoms with E-state index in [1.807, 2.05) is 0 Å². The van der Waals surface area contributed by atoms with Gasteiger partial charge in [-0.1, -0.05) is 27.5 Å². The number of hydrogen-bond acceptors (Lipinski definition) is 3. The van der Waals surface area contributed by atoms with Crippen LogP contribution in [-0.2, 0) is 6.54 Å². The number of rotatable bonds is 3. The first kappa shape index (κ1) is 10.8. The lowest BCUT2D eigenvalue weighted by molar-refractivity contribution is 0.160. The smallest absolute Gasteiger partial charge is 0.126 e. The van der Waals surface area contributed by atoms with Crippen LogP contribution < -0.4 is 10.2 Å². The van der Waals surface area contributed by atoms with Crippen molar-refractivity contribution in [3.8, 4) is 5.75 Å². The van der Waals surface area contributed by atoms with Crippen molar-refractivity contribution in [1.29, 1.82) is 0 Å². The number of nitrogens with one attached hydrogen (secondary N) is 1. The molecule has 0 aliphatic carbocycles. The third kappa shape index (κ3) is 2.57. The van der Waals surface area contributed by atoms with E-state index in [4.69, 9.17) is 21.5 Å². The van der Waals surface area contributed by atoms with Crippen molar-refractivity contribution < 1.29 is 9.94 Å². The zero-order valence-corrected chi connectivity index (χ0v) is 9.32. The highest BCUT2D eigenvalue weighted by molar-refractivity contribution is 9.10. The molecule has 0 amide bonds. The summed E-state index contributed by atoms with van der Waals surface area (Å²) in [4.78, 5) is 0. The summed E-state index contributed by atoms with van der Waals surface area (Å²) in [5, 5.41) is 9.16. The lowest BCUT2D eigenvalue weighted by atomic mass is 10.2. The average molecular weight is 267 g/mol. The third-order valence-electron chi connectivity index (χ3n) is 1.60. The number of benzene rings is 1. The zero-order chi connectivity index (χ0) is 9.84. The molecule has 1 rings (SSSR count). The van der Waals surface area contributed by atoms with Gasteiger partial charge in [0, 0.05) is 15.1 Å². The fourth-order valence-corrected chi connectivity index (χ4v) is 1.93. The maximum Gasteiger partial charge on any atom is 0.126 e. The molecule has 0 radical (unpaired) electrons. The van der Waals surface area contributed by atoms with E-state index in [1.54, 1.807) is 19.2 Å². The highest BCUT2D eigenvalue weighted by atomic mass is 79.9. The van der Waals surface area contributed by atoms with Crippen LogP contribution in [0.1, 0.15) is 5.56 Å². The van der Waals surface area contributed by atoms with E-state index in [2.05, 4.69) is 21.4 Å². The van der Waals surface area contributed by atoms with Gasteiger partial charge in [-0.05, 0) is 12.1 Å². The summed E-state index contributed by atoms with van der Waals surface area (Å²) in [6.45, 7) is 0.306. The molecule has 0 atom stereocenters. The van der Waals surface area contributed by atoms with E-state index in [0.29, 0.717) is 17.3 Å².